The first-order valence-electron chi connectivity index (χ1n) is 5.09. The summed E-state index contributed by atoms with van der Waals surface area (Å²) in [7, 11) is 1.46. The molecular weight excluding hydrogens is 206 g/mol. The predicted molar refractivity (Wildman–Crippen MR) is 60.9 cm³/mol. The maximum absolute atomic E-state index is 11.4. The van der Waals surface area contributed by atoms with E-state index in [1.807, 2.05) is 30.3 Å². The van der Waals surface area contributed by atoms with E-state index in [-0.39, 0.29) is 19.1 Å². The Morgan fingerprint density at radius 1 is 1.44 bits per heavy atom. The Bertz CT molecular complexity index is 339. The van der Waals surface area contributed by atoms with Gasteiger partial charge in [-0.3, -0.25) is 4.79 Å². The van der Waals surface area contributed by atoms with E-state index in [0.29, 0.717) is 0 Å². The molecule has 88 valence electrons. The molecular formula is C12H17NO3. The molecule has 1 unspecified atom stereocenters. The van der Waals surface area contributed by atoms with Gasteiger partial charge in [0.2, 0.25) is 5.91 Å². The minimum atomic E-state index is -0.767. The molecule has 16 heavy (non-hydrogen) atoms. The first-order valence-corrected chi connectivity index (χ1v) is 5.09. The lowest BCUT2D eigenvalue weighted by atomic mass is 9.93. The highest BCUT2D eigenvalue weighted by atomic mass is 16.5. The number of hydrogen-bond acceptors (Lipinski definition) is 3. The summed E-state index contributed by atoms with van der Waals surface area (Å²) in [6.45, 7) is 1.60. The summed E-state index contributed by atoms with van der Waals surface area (Å²) in [4.78, 5) is 11.4. The quantitative estimate of drug-likeness (QED) is 0.771. The van der Waals surface area contributed by atoms with Gasteiger partial charge in [-0.2, -0.15) is 0 Å². The molecule has 0 aliphatic rings. The molecule has 0 fully saturated rings. The van der Waals surface area contributed by atoms with Gasteiger partial charge in [0.1, 0.15) is 6.61 Å². The smallest absolute Gasteiger partial charge is 0.246 e. The lowest BCUT2D eigenvalue weighted by molar-refractivity contribution is -0.127. The van der Waals surface area contributed by atoms with Crippen LogP contribution in [0.2, 0.25) is 0 Å². The third-order valence-corrected chi connectivity index (χ3v) is 2.42. The highest BCUT2D eigenvalue weighted by molar-refractivity contribution is 5.78. The molecule has 0 aliphatic carbocycles. The fraction of sp³-hybridized carbons (Fsp3) is 0.417. The van der Waals surface area contributed by atoms with Crippen LogP contribution in [0.3, 0.4) is 0 Å². The molecule has 0 saturated heterocycles. The largest absolute Gasteiger partial charge is 0.394 e. The van der Waals surface area contributed by atoms with Crippen LogP contribution in [0.25, 0.3) is 0 Å². The number of benzene rings is 1. The monoisotopic (exact) mass is 223 g/mol. The molecule has 4 heteroatoms. The van der Waals surface area contributed by atoms with Gasteiger partial charge in [0.15, 0.2) is 0 Å². The first kappa shape index (κ1) is 12.7. The number of nitrogens with one attached hydrogen (secondary N) is 1. The zero-order valence-corrected chi connectivity index (χ0v) is 9.56. The molecule has 1 atom stereocenters. The number of rotatable bonds is 5. The predicted octanol–water partition coefficient (Wildman–Crippen LogP) is 0.657. The van der Waals surface area contributed by atoms with E-state index in [0.717, 1.165) is 5.56 Å². The highest BCUT2D eigenvalue weighted by Gasteiger charge is 2.27. The molecule has 0 radical (unpaired) electrons. The van der Waals surface area contributed by atoms with Crippen LogP contribution in [0.5, 0.6) is 0 Å². The molecule has 0 bridgehead atoms. The van der Waals surface area contributed by atoms with E-state index in [4.69, 9.17) is 4.74 Å². The number of hydrogen-bond donors (Lipinski definition) is 2. The van der Waals surface area contributed by atoms with E-state index >= 15 is 0 Å². The van der Waals surface area contributed by atoms with Gasteiger partial charge in [-0.15, -0.1) is 0 Å². The molecule has 0 aromatic heterocycles. The van der Waals surface area contributed by atoms with Crippen LogP contribution in [0.15, 0.2) is 30.3 Å². The topological polar surface area (TPSA) is 58.6 Å². The number of amides is 1. The van der Waals surface area contributed by atoms with Gasteiger partial charge in [0.25, 0.3) is 0 Å². The zero-order chi connectivity index (χ0) is 12.0. The summed E-state index contributed by atoms with van der Waals surface area (Å²) in [5.41, 5.74) is 0.0959. The molecule has 0 spiro atoms. The molecule has 1 aromatic rings. The standard InChI is InChI=1S/C12H17NO3/c1-12(9-14,13-11(15)8-16-2)10-6-4-3-5-7-10/h3-7,14H,8-9H2,1-2H3,(H,13,15). The van der Waals surface area contributed by atoms with Crippen LogP contribution >= 0.6 is 0 Å². The minimum Gasteiger partial charge on any atom is -0.394 e. The number of aliphatic hydroxyl groups is 1. The van der Waals surface area contributed by atoms with Crippen LogP contribution in [0.1, 0.15) is 12.5 Å². The molecule has 1 aromatic carbocycles. The molecule has 2 N–H and O–H groups in total. The zero-order valence-electron chi connectivity index (χ0n) is 9.56. The van der Waals surface area contributed by atoms with Gasteiger partial charge in [-0.1, -0.05) is 30.3 Å². The first-order chi connectivity index (χ1) is 7.62. The van der Waals surface area contributed by atoms with Crippen LogP contribution in [0.4, 0.5) is 0 Å². The molecule has 1 rings (SSSR count). The number of methoxy groups -OCH3 is 1. The Labute approximate surface area is 95.2 Å². The summed E-state index contributed by atoms with van der Waals surface area (Å²) in [5, 5.41) is 12.1. The van der Waals surface area contributed by atoms with Crippen molar-refractivity contribution in [2.45, 2.75) is 12.5 Å². The van der Waals surface area contributed by atoms with Crippen molar-refractivity contribution in [2.24, 2.45) is 0 Å². The van der Waals surface area contributed by atoms with Crippen molar-refractivity contribution < 1.29 is 14.6 Å². The van der Waals surface area contributed by atoms with Crippen molar-refractivity contribution in [1.82, 2.24) is 5.32 Å². The van der Waals surface area contributed by atoms with Crippen LogP contribution in [-0.2, 0) is 15.1 Å². The van der Waals surface area contributed by atoms with Crippen molar-refractivity contribution in [3.05, 3.63) is 35.9 Å². The average Bonchev–Trinajstić information content (AvgIpc) is 2.30. The van der Waals surface area contributed by atoms with E-state index < -0.39 is 5.54 Å². The van der Waals surface area contributed by atoms with Gasteiger partial charge in [-0.25, -0.2) is 0 Å². The number of carbonyl (C=O) groups excluding carboxylic acids is 1. The Hall–Kier alpha value is -1.39. The summed E-state index contributed by atoms with van der Waals surface area (Å²) < 4.78 is 4.74. The summed E-state index contributed by atoms with van der Waals surface area (Å²) in [6.07, 6.45) is 0. The van der Waals surface area contributed by atoms with Crippen LogP contribution in [-0.4, -0.2) is 31.3 Å². The Morgan fingerprint density at radius 2 is 2.06 bits per heavy atom. The van der Waals surface area contributed by atoms with Gasteiger partial charge >= 0.3 is 0 Å². The highest BCUT2D eigenvalue weighted by Crippen LogP contribution is 2.19. The SMILES string of the molecule is COCC(=O)NC(C)(CO)c1ccccc1. The van der Waals surface area contributed by atoms with Gasteiger partial charge in [-0.05, 0) is 12.5 Å². The summed E-state index contributed by atoms with van der Waals surface area (Å²) in [6, 6.07) is 9.35. The third-order valence-electron chi connectivity index (χ3n) is 2.42. The molecule has 0 heterocycles. The second-order valence-electron chi connectivity index (χ2n) is 3.84. The van der Waals surface area contributed by atoms with E-state index in [1.165, 1.54) is 7.11 Å². The molecule has 0 saturated carbocycles. The summed E-state index contributed by atoms with van der Waals surface area (Å²) >= 11 is 0. The molecule has 0 aliphatic heterocycles. The second kappa shape index (κ2) is 5.63. The van der Waals surface area contributed by atoms with E-state index in [9.17, 15) is 9.90 Å². The fourth-order valence-electron chi connectivity index (χ4n) is 1.48. The van der Waals surface area contributed by atoms with Crippen LogP contribution in [0, 0.1) is 0 Å². The van der Waals surface area contributed by atoms with Crippen molar-refractivity contribution in [3.8, 4) is 0 Å². The average molecular weight is 223 g/mol. The summed E-state index contributed by atoms with van der Waals surface area (Å²) in [5.74, 6) is -0.247. The Kier molecular flexibility index (Phi) is 4.46. The van der Waals surface area contributed by atoms with Crippen molar-refractivity contribution >= 4 is 5.91 Å². The lowest BCUT2D eigenvalue weighted by Gasteiger charge is -2.29. The number of ether oxygens (including phenoxy) is 1. The van der Waals surface area contributed by atoms with E-state index in [1.54, 1.807) is 6.92 Å². The van der Waals surface area contributed by atoms with Crippen LogP contribution < -0.4 is 5.32 Å². The van der Waals surface area contributed by atoms with Crippen molar-refractivity contribution in [2.75, 3.05) is 20.3 Å². The maximum Gasteiger partial charge on any atom is 0.246 e. The van der Waals surface area contributed by atoms with E-state index in [2.05, 4.69) is 5.32 Å². The maximum atomic E-state index is 11.4. The Morgan fingerprint density at radius 3 is 2.56 bits per heavy atom. The number of aliphatic hydroxyl groups excluding tert-OH is 1. The number of carbonyl (C=O) groups is 1. The second-order valence-corrected chi connectivity index (χ2v) is 3.84. The van der Waals surface area contributed by atoms with Gasteiger partial charge < -0.3 is 15.2 Å². The molecule has 4 nitrogen and oxygen atoms in total. The molecule has 1 amide bonds. The lowest BCUT2D eigenvalue weighted by Crippen LogP contribution is -2.47. The van der Waals surface area contributed by atoms with Gasteiger partial charge in [0.05, 0.1) is 12.1 Å². The minimum absolute atomic E-state index is 0.0115. The van der Waals surface area contributed by atoms with Crippen molar-refractivity contribution in [1.29, 1.82) is 0 Å². The normalized spacial score (nSPS) is 14.2. The third kappa shape index (κ3) is 3.05. The van der Waals surface area contributed by atoms with Crippen molar-refractivity contribution in [3.63, 3.8) is 0 Å². The fourth-order valence-corrected chi connectivity index (χ4v) is 1.48. The Balaban J connectivity index is 2.82. The van der Waals surface area contributed by atoms with Gasteiger partial charge in [0, 0.05) is 7.11 Å².